The minimum absolute atomic E-state index is 0.110. The average Bonchev–Trinajstić information content (AvgIpc) is 3.31. The molecule has 214 valence electrons. The molecule has 0 saturated carbocycles. The third-order valence-electron chi connectivity index (χ3n) is 7.34. The number of rotatable bonds is 8. The van der Waals surface area contributed by atoms with E-state index in [0.717, 1.165) is 31.2 Å². The second-order valence-electron chi connectivity index (χ2n) is 10.2. The van der Waals surface area contributed by atoms with Gasteiger partial charge in [0.25, 0.3) is 0 Å². The van der Waals surface area contributed by atoms with Crippen molar-refractivity contribution in [2.24, 2.45) is 5.92 Å². The summed E-state index contributed by atoms with van der Waals surface area (Å²) in [5.41, 5.74) is 1.36. The Bertz CT molecular complexity index is 1570. The SMILES string of the molecule is CCCCC1Cc2ccc(-c3ccc(-c4cc(F)c(C(F)(F)Oc5cc(F)c(F)c(F)c5)c(F)c4)c(F)c3)cc2C1. The molecule has 4 aromatic carbocycles. The van der Waals surface area contributed by atoms with Crippen molar-refractivity contribution >= 4 is 0 Å². The molecule has 0 bridgehead atoms. The molecule has 0 saturated heterocycles. The minimum Gasteiger partial charge on any atom is -0.429 e. The molecule has 5 rings (SSSR count). The van der Waals surface area contributed by atoms with E-state index in [1.54, 1.807) is 6.07 Å². The third kappa shape index (κ3) is 5.80. The van der Waals surface area contributed by atoms with Crippen LogP contribution in [0.4, 0.5) is 35.1 Å². The molecule has 0 amide bonds. The summed E-state index contributed by atoms with van der Waals surface area (Å²) in [4.78, 5) is 0. The summed E-state index contributed by atoms with van der Waals surface area (Å²) in [5, 5.41) is 0. The number of benzene rings is 4. The highest BCUT2D eigenvalue weighted by Crippen LogP contribution is 2.39. The lowest BCUT2D eigenvalue weighted by Gasteiger charge is -2.20. The Morgan fingerprint density at radius 2 is 1.27 bits per heavy atom. The molecule has 0 aromatic heterocycles. The van der Waals surface area contributed by atoms with E-state index in [4.69, 9.17) is 0 Å². The Morgan fingerprint density at radius 1 is 0.683 bits per heavy atom. The van der Waals surface area contributed by atoms with Crippen LogP contribution in [-0.4, -0.2) is 0 Å². The highest BCUT2D eigenvalue weighted by molar-refractivity contribution is 5.72. The topological polar surface area (TPSA) is 9.23 Å². The van der Waals surface area contributed by atoms with Gasteiger partial charge in [0, 0.05) is 17.7 Å². The maximum absolute atomic E-state index is 15.2. The maximum atomic E-state index is 15.2. The largest absolute Gasteiger partial charge is 0.432 e. The Morgan fingerprint density at radius 3 is 1.90 bits per heavy atom. The highest BCUT2D eigenvalue weighted by atomic mass is 19.3. The number of hydrogen-bond acceptors (Lipinski definition) is 1. The molecule has 9 heteroatoms. The fourth-order valence-corrected chi connectivity index (χ4v) is 5.31. The van der Waals surface area contributed by atoms with Crippen LogP contribution in [0, 0.1) is 40.8 Å². The third-order valence-corrected chi connectivity index (χ3v) is 7.34. The molecule has 0 radical (unpaired) electrons. The number of fused-ring (bicyclic) bond motifs is 1. The van der Waals surface area contributed by atoms with Gasteiger partial charge in [0.1, 0.15) is 28.8 Å². The van der Waals surface area contributed by atoms with Gasteiger partial charge < -0.3 is 4.74 Å². The lowest BCUT2D eigenvalue weighted by atomic mass is 9.96. The summed E-state index contributed by atoms with van der Waals surface area (Å²) in [5.74, 6) is -10.6. The first-order valence-corrected chi connectivity index (χ1v) is 13.1. The lowest BCUT2D eigenvalue weighted by molar-refractivity contribution is -0.189. The number of halogens is 8. The molecule has 0 N–H and O–H groups in total. The van der Waals surface area contributed by atoms with Crippen molar-refractivity contribution in [3.05, 3.63) is 112 Å². The van der Waals surface area contributed by atoms with Crippen LogP contribution >= 0.6 is 0 Å². The zero-order valence-corrected chi connectivity index (χ0v) is 21.8. The Hall–Kier alpha value is -3.88. The van der Waals surface area contributed by atoms with Gasteiger partial charge in [-0.15, -0.1) is 0 Å². The van der Waals surface area contributed by atoms with E-state index < -0.39 is 52.3 Å². The van der Waals surface area contributed by atoms with E-state index in [2.05, 4.69) is 11.7 Å². The van der Waals surface area contributed by atoms with Gasteiger partial charge in [0.15, 0.2) is 17.5 Å². The van der Waals surface area contributed by atoms with Crippen LogP contribution in [0.1, 0.15) is 42.9 Å². The van der Waals surface area contributed by atoms with Crippen molar-refractivity contribution in [3.8, 4) is 28.0 Å². The molecule has 4 aromatic rings. The van der Waals surface area contributed by atoms with E-state index in [-0.39, 0.29) is 23.3 Å². The summed E-state index contributed by atoms with van der Waals surface area (Å²) in [6, 6.07) is 11.3. The van der Waals surface area contributed by atoms with Crippen LogP contribution in [0.15, 0.2) is 60.7 Å². The molecule has 1 aliphatic carbocycles. The standard InChI is InChI=1S/C32H24F8O/c1-2-3-4-17-9-18-5-6-19(11-21(18)10-17)20-7-8-24(25(33)12-20)22-13-26(34)30(27(35)14-22)32(39,40)41-23-15-28(36)31(38)29(37)16-23/h5-8,11-17H,2-4,9-10H2,1H3. The maximum Gasteiger partial charge on any atom is 0.432 e. The smallest absolute Gasteiger partial charge is 0.429 e. The van der Waals surface area contributed by atoms with E-state index in [1.807, 2.05) is 18.2 Å². The monoisotopic (exact) mass is 576 g/mol. The van der Waals surface area contributed by atoms with Gasteiger partial charge >= 0.3 is 6.11 Å². The molecular formula is C32H24F8O. The first-order chi connectivity index (χ1) is 19.5. The fraction of sp³-hybridized carbons (Fsp3) is 0.250. The van der Waals surface area contributed by atoms with Crippen LogP contribution in [0.25, 0.3) is 22.3 Å². The average molecular weight is 577 g/mol. The second-order valence-corrected chi connectivity index (χ2v) is 10.2. The van der Waals surface area contributed by atoms with Gasteiger partial charge in [-0.05, 0) is 71.2 Å². The van der Waals surface area contributed by atoms with Gasteiger partial charge in [0.05, 0.1) is 0 Å². The Kier molecular flexibility index (Phi) is 7.81. The molecular weight excluding hydrogens is 552 g/mol. The number of ether oxygens (including phenoxy) is 1. The summed E-state index contributed by atoms with van der Waals surface area (Å²) in [6.07, 6.45) is 0.673. The van der Waals surface area contributed by atoms with Crippen LogP contribution in [0.5, 0.6) is 5.75 Å². The first kappa shape index (κ1) is 28.6. The van der Waals surface area contributed by atoms with Crippen molar-refractivity contribution in [1.82, 2.24) is 0 Å². The molecule has 0 aliphatic heterocycles. The number of hydrogen-bond donors (Lipinski definition) is 0. The van der Waals surface area contributed by atoms with Crippen LogP contribution in [0.2, 0.25) is 0 Å². The van der Waals surface area contributed by atoms with Crippen LogP contribution in [0.3, 0.4) is 0 Å². The zero-order valence-electron chi connectivity index (χ0n) is 21.8. The van der Waals surface area contributed by atoms with Gasteiger partial charge in [-0.25, -0.2) is 26.3 Å². The summed E-state index contributed by atoms with van der Waals surface area (Å²) < 4.78 is 118. The molecule has 1 atom stereocenters. The molecule has 0 fully saturated rings. The second kappa shape index (κ2) is 11.2. The van der Waals surface area contributed by atoms with Gasteiger partial charge in [-0.1, -0.05) is 50.1 Å². The molecule has 0 spiro atoms. The quantitative estimate of drug-likeness (QED) is 0.150. The summed E-state index contributed by atoms with van der Waals surface area (Å²) >= 11 is 0. The number of alkyl halides is 2. The molecule has 0 heterocycles. The summed E-state index contributed by atoms with van der Waals surface area (Å²) in [6.45, 7) is 2.15. The summed E-state index contributed by atoms with van der Waals surface area (Å²) in [7, 11) is 0. The van der Waals surface area contributed by atoms with Crippen molar-refractivity contribution in [3.63, 3.8) is 0 Å². The minimum atomic E-state index is -4.74. The van der Waals surface area contributed by atoms with Crippen LogP contribution < -0.4 is 4.74 Å². The van der Waals surface area contributed by atoms with Gasteiger partial charge in [0.2, 0.25) is 0 Å². The predicted molar refractivity (Wildman–Crippen MR) is 138 cm³/mol. The Labute approximate surface area is 231 Å². The molecule has 1 aliphatic rings. The zero-order chi connectivity index (χ0) is 29.5. The van der Waals surface area contributed by atoms with Crippen molar-refractivity contribution in [1.29, 1.82) is 0 Å². The van der Waals surface area contributed by atoms with E-state index >= 15 is 4.39 Å². The van der Waals surface area contributed by atoms with E-state index in [0.29, 0.717) is 23.6 Å². The van der Waals surface area contributed by atoms with Crippen LogP contribution in [-0.2, 0) is 19.0 Å². The normalized spacial score (nSPS) is 14.8. The molecule has 1 unspecified atom stereocenters. The van der Waals surface area contributed by atoms with E-state index in [9.17, 15) is 30.7 Å². The molecule has 1 nitrogen and oxygen atoms in total. The van der Waals surface area contributed by atoms with E-state index in [1.165, 1.54) is 29.7 Å². The molecule has 41 heavy (non-hydrogen) atoms. The van der Waals surface area contributed by atoms with Gasteiger partial charge in [-0.3, -0.25) is 0 Å². The van der Waals surface area contributed by atoms with Crippen molar-refractivity contribution in [2.45, 2.75) is 45.1 Å². The van der Waals surface area contributed by atoms with Crippen molar-refractivity contribution in [2.75, 3.05) is 0 Å². The van der Waals surface area contributed by atoms with Crippen molar-refractivity contribution < 1.29 is 39.9 Å². The Balaban J connectivity index is 1.39. The number of unbranched alkanes of at least 4 members (excludes halogenated alkanes) is 1. The van der Waals surface area contributed by atoms with Gasteiger partial charge in [-0.2, -0.15) is 8.78 Å². The first-order valence-electron chi connectivity index (χ1n) is 13.1. The lowest BCUT2D eigenvalue weighted by Crippen LogP contribution is -2.25. The fourth-order valence-electron chi connectivity index (χ4n) is 5.31. The highest BCUT2D eigenvalue weighted by Gasteiger charge is 2.41. The predicted octanol–water partition coefficient (Wildman–Crippen LogP) is 9.89.